The number of halogens is 1. The Balaban J connectivity index is 2.16. The van der Waals surface area contributed by atoms with Gasteiger partial charge in [0.2, 0.25) is 0 Å². The molecule has 98 valence electrons. The SMILES string of the molecule is COC(=O)c1cccnc1NCc1ccccc1F. The molecule has 1 aromatic carbocycles. The van der Waals surface area contributed by atoms with E-state index in [-0.39, 0.29) is 12.4 Å². The van der Waals surface area contributed by atoms with Crippen LogP contribution in [0.1, 0.15) is 15.9 Å². The third-order valence-electron chi connectivity index (χ3n) is 2.62. The first-order chi connectivity index (χ1) is 9.22. The molecule has 0 atom stereocenters. The predicted molar refractivity (Wildman–Crippen MR) is 69.3 cm³/mol. The lowest BCUT2D eigenvalue weighted by Crippen LogP contribution is -2.10. The Morgan fingerprint density at radius 3 is 2.84 bits per heavy atom. The van der Waals surface area contributed by atoms with Gasteiger partial charge < -0.3 is 10.1 Å². The van der Waals surface area contributed by atoms with Gasteiger partial charge in [0.1, 0.15) is 17.2 Å². The number of ether oxygens (including phenoxy) is 1. The van der Waals surface area contributed by atoms with Gasteiger partial charge in [0.25, 0.3) is 0 Å². The summed E-state index contributed by atoms with van der Waals surface area (Å²) in [7, 11) is 1.30. The lowest BCUT2D eigenvalue weighted by atomic mass is 10.2. The van der Waals surface area contributed by atoms with Gasteiger partial charge in [-0.15, -0.1) is 0 Å². The second-order valence-electron chi connectivity index (χ2n) is 3.84. The van der Waals surface area contributed by atoms with Crippen LogP contribution in [0.5, 0.6) is 0 Å². The van der Waals surface area contributed by atoms with Gasteiger partial charge in [0.15, 0.2) is 0 Å². The van der Waals surface area contributed by atoms with E-state index in [0.717, 1.165) is 0 Å². The Bertz CT molecular complexity index is 587. The molecule has 5 heteroatoms. The van der Waals surface area contributed by atoms with Crippen LogP contribution in [0, 0.1) is 5.82 Å². The molecule has 0 aliphatic rings. The van der Waals surface area contributed by atoms with Crippen molar-refractivity contribution in [1.29, 1.82) is 0 Å². The Morgan fingerprint density at radius 1 is 1.32 bits per heavy atom. The van der Waals surface area contributed by atoms with Crippen molar-refractivity contribution in [3.05, 3.63) is 59.5 Å². The number of esters is 1. The van der Waals surface area contributed by atoms with Crippen LogP contribution in [0.15, 0.2) is 42.6 Å². The minimum absolute atomic E-state index is 0.244. The monoisotopic (exact) mass is 260 g/mol. The van der Waals surface area contributed by atoms with Gasteiger partial charge in [-0.25, -0.2) is 14.2 Å². The third-order valence-corrected chi connectivity index (χ3v) is 2.62. The standard InChI is InChI=1S/C14H13FN2O2/c1-19-14(18)11-6-4-8-16-13(11)17-9-10-5-2-3-7-12(10)15/h2-8H,9H2,1H3,(H,16,17). The van der Waals surface area contributed by atoms with Gasteiger partial charge in [0.05, 0.1) is 7.11 Å². The van der Waals surface area contributed by atoms with Crippen LogP contribution in [-0.4, -0.2) is 18.1 Å². The first-order valence-electron chi connectivity index (χ1n) is 5.73. The number of benzene rings is 1. The zero-order valence-corrected chi connectivity index (χ0v) is 10.4. The van der Waals surface area contributed by atoms with Crippen molar-refractivity contribution in [1.82, 2.24) is 4.98 Å². The number of pyridine rings is 1. The summed E-state index contributed by atoms with van der Waals surface area (Å²) in [5.41, 5.74) is 0.824. The van der Waals surface area contributed by atoms with Gasteiger partial charge in [-0.3, -0.25) is 0 Å². The Labute approximate surface area is 110 Å². The van der Waals surface area contributed by atoms with Crippen molar-refractivity contribution >= 4 is 11.8 Å². The van der Waals surface area contributed by atoms with E-state index < -0.39 is 5.97 Å². The summed E-state index contributed by atoms with van der Waals surface area (Å²) < 4.78 is 18.1. The van der Waals surface area contributed by atoms with Crippen molar-refractivity contribution in [3.8, 4) is 0 Å². The molecule has 2 rings (SSSR count). The fourth-order valence-electron chi connectivity index (χ4n) is 1.64. The average molecular weight is 260 g/mol. The third kappa shape index (κ3) is 3.07. The van der Waals surface area contributed by atoms with E-state index in [2.05, 4.69) is 15.0 Å². The van der Waals surface area contributed by atoms with Crippen molar-refractivity contribution < 1.29 is 13.9 Å². The molecule has 4 nitrogen and oxygen atoms in total. The largest absolute Gasteiger partial charge is 0.465 e. The van der Waals surface area contributed by atoms with Crippen molar-refractivity contribution in [2.24, 2.45) is 0 Å². The molecular weight excluding hydrogens is 247 g/mol. The summed E-state index contributed by atoms with van der Waals surface area (Å²) in [5, 5.41) is 2.93. The van der Waals surface area contributed by atoms with Gasteiger partial charge in [-0.05, 0) is 18.2 Å². The van der Waals surface area contributed by atoms with E-state index in [1.807, 2.05) is 0 Å². The number of nitrogens with zero attached hydrogens (tertiary/aromatic N) is 1. The summed E-state index contributed by atoms with van der Waals surface area (Å²) in [6, 6.07) is 9.67. The zero-order valence-electron chi connectivity index (χ0n) is 10.4. The summed E-state index contributed by atoms with van der Waals surface area (Å²) in [6.07, 6.45) is 1.55. The summed E-state index contributed by atoms with van der Waals surface area (Å²) >= 11 is 0. The zero-order chi connectivity index (χ0) is 13.7. The van der Waals surface area contributed by atoms with Crippen LogP contribution in [0.4, 0.5) is 10.2 Å². The fraction of sp³-hybridized carbons (Fsp3) is 0.143. The molecule has 0 bridgehead atoms. The van der Waals surface area contributed by atoms with Crippen molar-refractivity contribution in [2.45, 2.75) is 6.54 Å². The molecule has 2 aromatic rings. The minimum atomic E-state index is -0.482. The van der Waals surface area contributed by atoms with Crippen LogP contribution in [0.2, 0.25) is 0 Å². The van der Waals surface area contributed by atoms with Crippen LogP contribution >= 0.6 is 0 Å². The lowest BCUT2D eigenvalue weighted by Gasteiger charge is -2.09. The molecule has 19 heavy (non-hydrogen) atoms. The predicted octanol–water partition coefficient (Wildman–Crippen LogP) is 2.62. The van der Waals surface area contributed by atoms with E-state index in [4.69, 9.17) is 0 Å². The molecule has 0 saturated heterocycles. The van der Waals surface area contributed by atoms with Crippen LogP contribution < -0.4 is 5.32 Å². The molecule has 0 aliphatic heterocycles. The lowest BCUT2D eigenvalue weighted by molar-refractivity contribution is 0.0601. The highest BCUT2D eigenvalue weighted by molar-refractivity contribution is 5.94. The molecule has 1 heterocycles. The number of carbonyl (C=O) groups excluding carboxylic acids is 1. The number of rotatable bonds is 4. The Hall–Kier alpha value is -2.43. The molecule has 1 N–H and O–H groups in total. The Kier molecular flexibility index (Phi) is 4.07. The quantitative estimate of drug-likeness (QED) is 0.858. The van der Waals surface area contributed by atoms with Crippen LogP contribution in [-0.2, 0) is 11.3 Å². The summed E-state index contributed by atoms with van der Waals surface area (Å²) in [4.78, 5) is 15.6. The topological polar surface area (TPSA) is 51.2 Å². The molecule has 0 radical (unpaired) electrons. The highest BCUT2D eigenvalue weighted by Crippen LogP contribution is 2.15. The molecule has 0 spiro atoms. The number of nitrogens with one attached hydrogen (secondary N) is 1. The van der Waals surface area contributed by atoms with Crippen molar-refractivity contribution in [3.63, 3.8) is 0 Å². The molecule has 0 unspecified atom stereocenters. The van der Waals surface area contributed by atoms with E-state index >= 15 is 0 Å². The molecule has 1 aromatic heterocycles. The number of hydrogen-bond donors (Lipinski definition) is 1. The summed E-state index contributed by atoms with van der Waals surface area (Å²) in [5.74, 6) is -0.410. The maximum Gasteiger partial charge on any atom is 0.341 e. The first kappa shape index (κ1) is 13.0. The second kappa shape index (κ2) is 5.95. The normalized spacial score (nSPS) is 10.0. The van der Waals surface area contributed by atoms with Gasteiger partial charge in [-0.2, -0.15) is 0 Å². The first-order valence-corrected chi connectivity index (χ1v) is 5.73. The smallest absolute Gasteiger partial charge is 0.341 e. The van der Waals surface area contributed by atoms with Crippen molar-refractivity contribution in [2.75, 3.05) is 12.4 Å². The van der Waals surface area contributed by atoms with E-state index in [1.54, 1.807) is 36.5 Å². The number of methoxy groups -OCH3 is 1. The number of carbonyl (C=O) groups is 1. The number of anilines is 1. The molecular formula is C14H13FN2O2. The highest BCUT2D eigenvalue weighted by Gasteiger charge is 2.12. The van der Waals surface area contributed by atoms with Gasteiger partial charge in [-0.1, -0.05) is 18.2 Å². The van der Waals surface area contributed by atoms with Crippen LogP contribution in [0.3, 0.4) is 0 Å². The minimum Gasteiger partial charge on any atom is -0.465 e. The maximum absolute atomic E-state index is 13.5. The molecule has 0 saturated carbocycles. The molecule has 0 aliphatic carbocycles. The number of aromatic nitrogens is 1. The van der Waals surface area contributed by atoms with Gasteiger partial charge in [0, 0.05) is 18.3 Å². The Morgan fingerprint density at radius 2 is 2.11 bits per heavy atom. The summed E-state index contributed by atoms with van der Waals surface area (Å²) in [6.45, 7) is 0.244. The van der Waals surface area contributed by atoms with E-state index in [0.29, 0.717) is 16.9 Å². The molecule has 0 fully saturated rings. The van der Waals surface area contributed by atoms with E-state index in [1.165, 1.54) is 13.2 Å². The number of hydrogen-bond acceptors (Lipinski definition) is 4. The van der Waals surface area contributed by atoms with Crippen LogP contribution in [0.25, 0.3) is 0 Å². The highest BCUT2D eigenvalue weighted by atomic mass is 19.1. The van der Waals surface area contributed by atoms with E-state index in [9.17, 15) is 9.18 Å². The van der Waals surface area contributed by atoms with Gasteiger partial charge >= 0.3 is 5.97 Å². The molecule has 0 amide bonds. The fourth-order valence-corrected chi connectivity index (χ4v) is 1.64. The average Bonchev–Trinajstić information content (AvgIpc) is 2.46. The maximum atomic E-state index is 13.5. The second-order valence-corrected chi connectivity index (χ2v) is 3.84.